The van der Waals surface area contributed by atoms with Crippen LogP contribution >= 0.6 is 0 Å². The molecule has 3 aliphatic rings. The Labute approximate surface area is 166 Å². The highest BCUT2D eigenvalue weighted by atomic mass is 16.2. The van der Waals surface area contributed by atoms with E-state index in [1.807, 2.05) is 6.07 Å². The van der Waals surface area contributed by atoms with Crippen LogP contribution in [0.2, 0.25) is 0 Å². The van der Waals surface area contributed by atoms with Gasteiger partial charge >= 0.3 is 0 Å². The van der Waals surface area contributed by atoms with Crippen molar-refractivity contribution >= 4 is 29.3 Å². The van der Waals surface area contributed by atoms with Crippen LogP contribution in [0.25, 0.3) is 0 Å². The van der Waals surface area contributed by atoms with Crippen molar-refractivity contribution in [1.29, 1.82) is 0 Å². The lowest BCUT2D eigenvalue weighted by molar-refractivity contribution is -0.136. The monoisotopic (exact) mass is 390 g/mol. The average molecular weight is 390 g/mol. The quantitative estimate of drug-likeness (QED) is 0.773. The van der Waals surface area contributed by atoms with E-state index in [1.54, 1.807) is 35.5 Å². The largest absolute Gasteiger partial charge is 0.322 e. The number of nitrogens with zero attached hydrogens (tertiary/aromatic N) is 3. The Balaban J connectivity index is 1.40. The lowest BCUT2D eigenvalue weighted by atomic mass is 10.0. The van der Waals surface area contributed by atoms with Crippen molar-refractivity contribution in [1.82, 2.24) is 15.2 Å². The maximum Gasteiger partial charge on any atom is 0.258 e. The van der Waals surface area contributed by atoms with Crippen molar-refractivity contribution in [3.05, 3.63) is 58.9 Å². The molecule has 8 heteroatoms. The predicted molar refractivity (Wildman–Crippen MR) is 102 cm³/mol. The van der Waals surface area contributed by atoms with Crippen molar-refractivity contribution in [3.8, 4) is 0 Å². The molecule has 0 radical (unpaired) electrons. The first-order chi connectivity index (χ1) is 14.0. The molecular weight excluding hydrogens is 372 g/mol. The molecule has 29 heavy (non-hydrogen) atoms. The number of hydrogen-bond donors (Lipinski definition) is 1. The fourth-order valence-corrected chi connectivity index (χ4v) is 4.30. The summed E-state index contributed by atoms with van der Waals surface area (Å²) in [5, 5.41) is 2.29. The number of rotatable bonds is 2. The molecule has 8 nitrogen and oxygen atoms in total. The lowest BCUT2D eigenvalue weighted by Gasteiger charge is -2.29. The van der Waals surface area contributed by atoms with Gasteiger partial charge in [0.2, 0.25) is 11.8 Å². The fourth-order valence-electron chi connectivity index (χ4n) is 4.30. The van der Waals surface area contributed by atoms with Crippen LogP contribution in [0.5, 0.6) is 0 Å². The first kappa shape index (κ1) is 17.5. The van der Waals surface area contributed by atoms with Crippen LogP contribution in [0.3, 0.4) is 0 Å². The van der Waals surface area contributed by atoms with E-state index in [1.165, 1.54) is 4.90 Å². The van der Waals surface area contributed by atoms with Crippen molar-refractivity contribution in [2.75, 3.05) is 11.4 Å². The topological polar surface area (TPSA) is 99.7 Å². The zero-order valence-electron chi connectivity index (χ0n) is 15.6. The number of aromatic nitrogens is 1. The van der Waals surface area contributed by atoms with Crippen LogP contribution < -0.4 is 10.2 Å². The molecule has 0 aliphatic carbocycles. The summed E-state index contributed by atoms with van der Waals surface area (Å²) in [6.45, 7) is 0.848. The molecule has 1 aromatic carbocycles. The highest BCUT2D eigenvalue weighted by molar-refractivity contribution is 6.09. The summed E-state index contributed by atoms with van der Waals surface area (Å²) in [6.07, 6.45) is 4.74. The zero-order valence-corrected chi connectivity index (χ0v) is 15.6. The van der Waals surface area contributed by atoms with Crippen LogP contribution in [-0.4, -0.2) is 46.1 Å². The van der Waals surface area contributed by atoms with Crippen LogP contribution in [-0.2, 0) is 22.6 Å². The van der Waals surface area contributed by atoms with Gasteiger partial charge < -0.3 is 9.80 Å². The van der Waals surface area contributed by atoms with Crippen molar-refractivity contribution in [3.63, 3.8) is 0 Å². The number of pyridine rings is 1. The summed E-state index contributed by atoms with van der Waals surface area (Å²) < 4.78 is 0. The number of nitrogens with one attached hydrogen (secondary N) is 1. The van der Waals surface area contributed by atoms with E-state index >= 15 is 0 Å². The van der Waals surface area contributed by atoms with Gasteiger partial charge in [0, 0.05) is 43.0 Å². The summed E-state index contributed by atoms with van der Waals surface area (Å²) in [6, 6.07) is 6.22. The molecule has 3 aliphatic heterocycles. The maximum atomic E-state index is 13.1. The Morgan fingerprint density at radius 2 is 1.97 bits per heavy atom. The Morgan fingerprint density at radius 1 is 1.10 bits per heavy atom. The fraction of sp³-hybridized carbons (Fsp3) is 0.286. The van der Waals surface area contributed by atoms with E-state index < -0.39 is 11.9 Å². The molecule has 0 bridgehead atoms. The average Bonchev–Trinajstić information content (AvgIpc) is 3.29. The second-order valence-corrected chi connectivity index (χ2v) is 7.48. The van der Waals surface area contributed by atoms with Crippen LogP contribution in [0.15, 0.2) is 36.7 Å². The van der Waals surface area contributed by atoms with Gasteiger partial charge in [-0.15, -0.1) is 0 Å². The zero-order chi connectivity index (χ0) is 20.1. The minimum Gasteiger partial charge on any atom is -0.322 e. The minimum atomic E-state index is -0.662. The second-order valence-electron chi connectivity index (χ2n) is 7.48. The van der Waals surface area contributed by atoms with Gasteiger partial charge in [0.15, 0.2) is 0 Å². The van der Waals surface area contributed by atoms with E-state index in [4.69, 9.17) is 0 Å². The highest BCUT2D eigenvalue weighted by Crippen LogP contribution is 2.31. The molecule has 1 saturated heterocycles. The van der Waals surface area contributed by atoms with Gasteiger partial charge in [0.1, 0.15) is 6.04 Å². The number of carbonyl (C=O) groups excluding carboxylic acids is 4. The number of piperidine rings is 1. The van der Waals surface area contributed by atoms with Crippen LogP contribution in [0, 0.1) is 0 Å². The summed E-state index contributed by atoms with van der Waals surface area (Å²) in [7, 11) is 0. The molecule has 4 amide bonds. The Kier molecular flexibility index (Phi) is 3.94. The summed E-state index contributed by atoms with van der Waals surface area (Å²) in [5.41, 5.74) is 3.64. The molecule has 146 valence electrons. The van der Waals surface area contributed by atoms with Gasteiger partial charge in [-0.25, -0.2) is 0 Å². The molecule has 0 spiro atoms. The third kappa shape index (κ3) is 2.79. The number of anilines is 1. The number of amides is 4. The minimum absolute atomic E-state index is 0.121. The Hall–Kier alpha value is -3.55. The molecule has 1 N–H and O–H groups in total. The lowest BCUT2D eigenvalue weighted by Crippen LogP contribution is -2.52. The predicted octanol–water partition coefficient (Wildman–Crippen LogP) is 1.05. The van der Waals surface area contributed by atoms with Gasteiger partial charge in [-0.05, 0) is 48.2 Å². The van der Waals surface area contributed by atoms with Crippen LogP contribution in [0.4, 0.5) is 5.69 Å². The third-order valence-electron chi connectivity index (χ3n) is 5.79. The van der Waals surface area contributed by atoms with E-state index in [-0.39, 0.29) is 30.7 Å². The molecule has 2 aromatic rings. The summed E-state index contributed by atoms with van der Waals surface area (Å²) in [4.78, 5) is 56.7. The Morgan fingerprint density at radius 3 is 2.79 bits per heavy atom. The summed E-state index contributed by atoms with van der Waals surface area (Å²) in [5.74, 6) is -1.12. The van der Waals surface area contributed by atoms with E-state index in [0.29, 0.717) is 24.1 Å². The molecule has 1 atom stereocenters. The standard InChI is InChI=1S/C21H18N4O4/c26-18-4-3-17(19(27)23-18)25-11-14-9-12(1-2-15(14)21(25)29)20(28)24-8-6-13-10-22-7-5-16(13)24/h1-2,5,7,9-10,17H,3-4,6,8,11H2,(H,23,26,27). The smallest absolute Gasteiger partial charge is 0.258 e. The van der Waals surface area contributed by atoms with Crippen molar-refractivity contribution < 1.29 is 19.2 Å². The number of hydrogen-bond acceptors (Lipinski definition) is 5. The molecule has 5 rings (SSSR count). The SMILES string of the molecule is O=C1CCC(N2Cc3cc(C(=O)N4CCc5cnccc54)ccc3C2=O)C(=O)N1. The first-order valence-corrected chi connectivity index (χ1v) is 9.55. The molecule has 1 unspecified atom stereocenters. The normalized spacial score (nSPS) is 20.6. The van der Waals surface area contributed by atoms with Gasteiger partial charge in [0.25, 0.3) is 11.8 Å². The van der Waals surface area contributed by atoms with Gasteiger partial charge in [-0.1, -0.05) is 0 Å². The van der Waals surface area contributed by atoms with Crippen LogP contribution in [0.1, 0.15) is 44.7 Å². The second kappa shape index (κ2) is 6.51. The van der Waals surface area contributed by atoms with Gasteiger partial charge in [-0.2, -0.15) is 0 Å². The van der Waals surface area contributed by atoms with Gasteiger partial charge in [-0.3, -0.25) is 29.5 Å². The summed E-state index contributed by atoms with van der Waals surface area (Å²) >= 11 is 0. The van der Waals surface area contributed by atoms with Gasteiger partial charge in [0.05, 0.1) is 5.69 Å². The van der Waals surface area contributed by atoms with Crippen molar-refractivity contribution in [2.24, 2.45) is 0 Å². The number of benzene rings is 1. The van der Waals surface area contributed by atoms with E-state index in [0.717, 1.165) is 23.2 Å². The highest BCUT2D eigenvalue weighted by Gasteiger charge is 2.39. The number of imide groups is 1. The molecule has 4 heterocycles. The first-order valence-electron chi connectivity index (χ1n) is 9.55. The maximum absolute atomic E-state index is 13.1. The molecule has 1 fully saturated rings. The van der Waals surface area contributed by atoms with E-state index in [2.05, 4.69) is 10.3 Å². The van der Waals surface area contributed by atoms with Crippen molar-refractivity contribution in [2.45, 2.75) is 31.8 Å². The number of carbonyl (C=O) groups is 4. The molecular formula is C21H18N4O4. The van der Waals surface area contributed by atoms with E-state index in [9.17, 15) is 19.2 Å². The number of fused-ring (bicyclic) bond motifs is 2. The third-order valence-corrected chi connectivity index (χ3v) is 5.79. The molecule has 0 saturated carbocycles. The molecule has 1 aromatic heterocycles. The Bertz CT molecular complexity index is 1080.